The van der Waals surface area contributed by atoms with E-state index in [1.807, 2.05) is 6.07 Å². The Morgan fingerprint density at radius 2 is 1.79 bits per heavy atom. The number of aryl methyl sites for hydroxylation is 1. The monoisotopic (exact) mass is 415 g/mol. The van der Waals surface area contributed by atoms with Crippen LogP contribution >= 0.6 is 23.1 Å². The van der Waals surface area contributed by atoms with Gasteiger partial charge in [0, 0.05) is 17.4 Å². The van der Waals surface area contributed by atoms with Crippen molar-refractivity contribution in [3.05, 3.63) is 59.7 Å². The van der Waals surface area contributed by atoms with Crippen molar-refractivity contribution in [2.75, 3.05) is 25.3 Å². The molecule has 8 heteroatoms. The molecule has 0 bridgehead atoms. The Hall–Kier alpha value is -2.58. The van der Waals surface area contributed by atoms with Crippen molar-refractivity contribution in [3.8, 4) is 11.5 Å². The van der Waals surface area contributed by atoms with E-state index in [1.165, 1.54) is 16.9 Å². The first kappa shape index (κ1) is 20.2. The van der Waals surface area contributed by atoms with Crippen LogP contribution in [0.5, 0.6) is 11.5 Å². The number of benzene rings is 2. The van der Waals surface area contributed by atoms with Crippen molar-refractivity contribution in [1.29, 1.82) is 0 Å². The van der Waals surface area contributed by atoms with E-state index in [9.17, 15) is 4.79 Å². The number of methoxy groups -OCH3 is 2. The lowest BCUT2D eigenvalue weighted by Gasteiger charge is -2.07. The van der Waals surface area contributed by atoms with E-state index in [4.69, 9.17) is 9.47 Å². The first-order valence-electron chi connectivity index (χ1n) is 8.72. The van der Waals surface area contributed by atoms with Gasteiger partial charge in [-0.3, -0.25) is 10.1 Å². The van der Waals surface area contributed by atoms with Crippen LogP contribution in [-0.4, -0.2) is 36.1 Å². The second-order valence-electron chi connectivity index (χ2n) is 5.87. The molecule has 0 saturated heterocycles. The Morgan fingerprint density at radius 3 is 2.46 bits per heavy atom. The highest BCUT2D eigenvalue weighted by Gasteiger charge is 2.13. The number of ether oxygens (including phenoxy) is 2. The summed E-state index contributed by atoms with van der Waals surface area (Å²) in [5.74, 6) is 1.77. The second kappa shape index (κ2) is 10.1. The molecule has 0 spiro atoms. The number of rotatable bonds is 9. The number of nitrogens with zero attached hydrogens (tertiary/aromatic N) is 2. The molecular weight excluding hydrogens is 394 g/mol. The van der Waals surface area contributed by atoms with Gasteiger partial charge in [0.25, 0.3) is 5.91 Å². The fourth-order valence-electron chi connectivity index (χ4n) is 2.51. The number of amides is 1. The maximum absolute atomic E-state index is 12.5. The van der Waals surface area contributed by atoms with Crippen LogP contribution in [0.4, 0.5) is 5.13 Å². The van der Waals surface area contributed by atoms with Crippen LogP contribution < -0.4 is 14.8 Å². The van der Waals surface area contributed by atoms with E-state index in [2.05, 4.69) is 39.8 Å². The topological polar surface area (TPSA) is 73.3 Å². The van der Waals surface area contributed by atoms with Gasteiger partial charge in [0.2, 0.25) is 5.13 Å². The minimum atomic E-state index is -0.283. The molecule has 3 aromatic rings. The summed E-state index contributed by atoms with van der Waals surface area (Å²) in [7, 11) is 3.09. The van der Waals surface area contributed by atoms with Gasteiger partial charge in [-0.15, -0.1) is 10.2 Å². The van der Waals surface area contributed by atoms with Crippen LogP contribution in [0.1, 0.15) is 22.3 Å². The summed E-state index contributed by atoms with van der Waals surface area (Å²) in [6.45, 7) is 0. The first-order valence-corrected chi connectivity index (χ1v) is 10.5. The SMILES string of the molecule is COc1cc(OC)cc(C(=O)Nc2nnc(SCCCc3ccccc3)s2)c1. The lowest BCUT2D eigenvalue weighted by atomic mass is 10.1. The molecular formula is C20H21N3O3S2. The van der Waals surface area contributed by atoms with Gasteiger partial charge in [0.1, 0.15) is 11.5 Å². The van der Waals surface area contributed by atoms with E-state index in [-0.39, 0.29) is 5.91 Å². The van der Waals surface area contributed by atoms with Crippen LogP contribution in [0.15, 0.2) is 52.9 Å². The fraction of sp³-hybridized carbons (Fsp3) is 0.250. The van der Waals surface area contributed by atoms with Gasteiger partial charge in [-0.1, -0.05) is 53.4 Å². The molecule has 1 heterocycles. The number of thioether (sulfide) groups is 1. The average Bonchev–Trinajstić information content (AvgIpc) is 3.18. The minimum Gasteiger partial charge on any atom is -0.497 e. The zero-order chi connectivity index (χ0) is 19.8. The summed E-state index contributed by atoms with van der Waals surface area (Å²) in [4.78, 5) is 12.5. The standard InChI is InChI=1S/C20H21N3O3S2/c1-25-16-11-15(12-17(13-16)26-2)18(24)21-19-22-23-20(28-19)27-10-6-9-14-7-4-3-5-8-14/h3-5,7-8,11-13H,6,9-10H2,1-2H3,(H,21,22,24). The zero-order valence-corrected chi connectivity index (χ0v) is 17.3. The number of anilines is 1. The van der Waals surface area contributed by atoms with Crippen molar-refractivity contribution in [3.63, 3.8) is 0 Å². The number of carbonyl (C=O) groups excluding carboxylic acids is 1. The Labute approximate surface area is 172 Å². The Bertz CT molecular complexity index is 894. The Kier molecular flexibility index (Phi) is 7.27. The van der Waals surface area contributed by atoms with Crippen molar-refractivity contribution < 1.29 is 14.3 Å². The minimum absolute atomic E-state index is 0.283. The summed E-state index contributed by atoms with van der Waals surface area (Å²) in [5, 5.41) is 11.4. The molecule has 28 heavy (non-hydrogen) atoms. The van der Waals surface area contributed by atoms with Gasteiger partial charge >= 0.3 is 0 Å². The molecule has 0 atom stereocenters. The summed E-state index contributed by atoms with van der Waals surface area (Å²) in [5.41, 5.74) is 1.77. The van der Waals surface area contributed by atoms with Gasteiger partial charge in [-0.2, -0.15) is 0 Å². The quantitative estimate of drug-likeness (QED) is 0.314. The van der Waals surface area contributed by atoms with E-state index < -0.39 is 0 Å². The van der Waals surface area contributed by atoms with Gasteiger partial charge in [0.15, 0.2) is 4.34 Å². The molecule has 0 aliphatic carbocycles. The molecule has 0 unspecified atom stereocenters. The summed E-state index contributed by atoms with van der Waals surface area (Å²) >= 11 is 3.02. The van der Waals surface area contributed by atoms with Crippen LogP contribution in [0.3, 0.4) is 0 Å². The Morgan fingerprint density at radius 1 is 1.07 bits per heavy atom. The second-order valence-corrected chi connectivity index (χ2v) is 8.19. The van der Waals surface area contributed by atoms with Crippen LogP contribution in [0.2, 0.25) is 0 Å². The lowest BCUT2D eigenvalue weighted by Crippen LogP contribution is -2.12. The Balaban J connectivity index is 1.52. The molecule has 0 aliphatic heterocycles. The van der Waals surface area contributed by atoms with Crippen LogP contribution in [0.25, 0.3) is 0 Å². The first-order chi connectivity index (χ1) is 13.7. The van der Waals surface area contributed by atoms with Crippen molar-refractivity contribution >= 4 is 34.1 Å². The van der Waals surface area contributed by atoms with Gasteiger partial charge in [0.05, 0.1) is 14.2 Å². The third-order valence-corrected chi connectivity index (χ3v) is 5.98. The highest BCUT2D eigenvalue weighted by atomic mass is 32.2. The molecule has 1 aromatic heterocycles. The average molecular weight is 416 g/mol. The maximum Gasteiger partial charge on any atom is 0.257 e. The van der Waals surface area contributed by atoms with Gasteiger partial charge in [-0.25, -0.2) is 0 Å². The smallest absolute Gasteiger partial charge is 0.257 e. The highest BCUT2D eigenvalue weighted by Crippen LogP contribution is 2.28. The number of hydrogen-bond donors (Lipinski definition) is 1. The largest absolute Gasteiger partial charge is 0.497 e. The van der Waals surface area contributed by atoms with Crippen molar-refractivity contribution in [2.45, 2.75) is 17.2 Å². The van der Waals surface area contributed by atoms with E-state index in [0.29, 0.717) is 22.2 Å². The third-order valence-electron chi connectivity index (χ3n) is 3.92. The van der Waals surface area contributed by atoms with Gasteiger partial charge in [-0.05, 0) is 30.5 Å². The van der Waals surface area contributed by atoms with E-state index >= 15 is 0 Å². The number of hydrogen-bond acceptors (Lipinski definition) is 7. The summed E-state index contributed by atoms with van der Waals surface area (Å²) < 4.78 is 11.2. The van der Waals surface area contributed by atoms with E-state index in [1.54, 1.807) is 44.2 Å². The molecule has 146 valence electrons. The summed E-state index contributed by atoms with van der Waals surface area (Å²) in [6, 6.07) is 15.4. The molecule has 1 amide bonds. The zero-order valence-electron chi connectivity index (χ0n) is 15.7. The molecule has 0 saturated carbocycles. The highest BCUT2D eigenvalue weighted by molar-refractivity contribution is 8.01. The number of carbonyl (C=O) groups is 1. The van der Waals surface area contributed by atoms with Crippen LogP contribution in [-0.2, 0) is 6.42 Å². The predicted octanol–water partition coefficient (Wildman–Crippen LogP) is 4.53. The molecule has 6 nitrogen and oxygen atoms in total. The predicted molar refractivity (Wildman–Crippen MR) is 113 cm³/mol. The lowest BCUT2D eigenvalue weighted by molar-refractivity contribution is 0.102. The van der Waals surface area contributed by atoms with Crippen molar-refractivity contribution in [2.24, 2.45) is 0 Å². The van der Waals surface area contributed by atoms with E-state index in [0.717, 1.165) is 22.9 Å². The third kappa shape index (κ3) is 5.71. The maximum atomic E-state index is 12.5. The normalized spacial score (nSPS) is 10.5. The molecule has 0 fully saturated rings. The van der Waals surface area contributed by atoms with Crippen molar-refractivity contribution in [1.82, 2.24) is 10.2 Å². The van der Waals surface area contributed by atoms with Crippen LogP contribution in [0, 0.1) is 0 Å². The molecule has 0 radical (unpaired) electrons. The summed E-state index contributed by atoms with van der Waals surface area (Å²) in [6.07, 6.45) is 2.09. The fourth-order valence-corrected chi connectivity index (χ4v) is 4.26. The van der Waals surface area contributed by atoms with Gasteiger partial charge < -0.3 is 9.47 Å². The molecule has 0 aliphatic rings. The number of nitrogens with one attached hydrogen (secondary N) is 1. The molecule has 2 aromatic carbocycles. The molecule has 3 rings (SSSR count). The number of aromatic nitrogens is 2. The molecule has 1 N–H and O–H groups in total.